The SMILES string of the molecule is O=C1CC(S)CN1c1c(F)cccc1Cl. The molecule has 1 aromatic rings. The molecular formula is C10H9ClFNOS. The molecular weight excluding hydrogens is 237 g/mol. The highest BCUT2D eigenvalue weighted by molar-refractivity contribution is 7.81. The van der Waals surface area contributed by atoms with Crippen LogP contribution in [0.15, 0.2) is 18.2 Å². The zero-order valence-corrected chi connectivity index (χ0v) is 9.43. The van der Waals surface area contributed by atoms with Crippen molar-refractivity contribution in [3.63, 3.8) is 0 Å². The second-order valence-electron chi connectivity index (χ2n) is 3.43. The Kier molecular flexibility index (Phi) is 2.89. The van der Waals surface area contributed by atoms with Gasteiger partial charge in [-0.3, -0.25) is 4.79 Å². The van der Waals surface area contributed by atoms with E-state index in [0.717, 1.165) is 0 Å². The summed E-state index contributed by atoms with van der Waals surface area (Å²) < 4.78 is 13.5. The Labute approximate surface area is 97.4 Å². The van der Waals surface area contributed by atoms with E-state index in [0.29, 0.717) is 13.0 Å². The zero-order chi connectivity index (χ0) is 11.0. The van der Waals surface area contributed by atoms with Crippen LogP contribution in [0.2, 0.25) is 5.02 Å². The van der Waals surface area contributed by atoms with Gasteiger partial charge in [0.25, 0.3) is 0 Å². The Morgan fingerprint density at radius 2 is 2.27 bits per heavy atom. The van der Waals surface area contributed by atoms with Gasteiger partial charge in [0.2, 0.25) is 5.91 Å². The van der Waals surface area contributed by atoms with Gasteiger partial charge >= 0.3 is 0 Å². The van der Waals surface area contributed by atoms with Crippen LogP contribution in [0.25, 0.3) is 0 Å². The van der Waals surface area contributed by atoms with Crippen molar-refractivity contribution in [3.8, 4) is 0 Å². The number of para-hydroxylation sites is 1. The van der Waals surface area contributed by atoms with Crippen molar-refractivity contribution in [2.45, 2.75) is 11.7 Å². The largest absolute Gasteiger partial charge is 0.307 e. The van der Waals surface area contributed by atoms with Crippen LogP contribution in [0.3, 0.4) is 0 Å². The van der Waals surface area contributed by atoms with Crippen molar-refractivity contribution >= 4 is 35.8 Å². The van der Waals surface area contributed by atoms with Crippen LogP contribution in [0.5, 0.6) is 0 Å². The van der Waals surface area contributed by atoms with Crippen molar-refractivity contribution < 1.29 is 9.18 Å². The molecule has 0 N–H and O–H groups in total. The van der Waals surface area contributed by atoms with Gasteiger partial charge in [0.05, 0.1) is 10.7 Å². The fraction of sp³-hybridized carbons (Fsp3) is 0.300. The standard InChI is InChI=1S/C10H9ClFNOS/c11-7-2-1-3-8(12)10(7)13-5-6(15)4-9(13)14/h1-3,6,15H,4-5H2. The van der Waals surface area contributed by atoms with Crippen LogP contribution in [-0.4, -0.2) is 17.7 Å². The number of nitrogens with zero attached hydrogens (tertiary/aromatic N) is 1. The molecule has 2 nitrogen and oxygen atoms in total. The van der Waals surface area contributed by atoms with Gasteiger partial charge in [-0.25, -0.2) is 4.39 Å². The number of thiol groups is 1. The van der Waals surface area contributed by atoms with Crippen LogP contribution in [0.4, 0.5) is 10.1 Å². The number of hydrogen-bond acceptors (Lipinski definition) is 2. The van der Waals surface area contributed by atoms with Crippen molar-refractivity contribution in [3.05, 3.63) is 29.0 Å². The average molecular weight is 246 g/mol. The molecule has 0 saturated carbocycles. The molecule has 1 aliphatic rings. The van der Waals surface area contributed by atoms with E-state index in [1.165, 1.54) is 17.0 Å². The third kappa shape index (κ3) is 1.96. The highest BCUT2D eigenvalue weighted by Gasteiger charge is 2.31. The molecule has 2 rings (SSSR count). The lowest BCUT2D eigenvalue weighted by molar-refractivity contribution is -0.117. The molecule has 0 aliphatic carbocycles. The summed E-state index contributed by atoms with van der Waals surface area (Å²) >= 11 is 10.1. The Hall–Kier alpha value is -0.740. The lowest BCUT2D eigenvalue weighted by Crippen LogP contribution is -2.25. The summed E-state index contributed by atoms with van der Waals surface area (Å²) in [5, 5.41) is 0.207. The van der Waals surface area contributed by atoms with Gasteiger partial charge in [-0.2, -0.15) is 12.6 Å². The molecule has 1 saturated heterocycles. The van der Waals surface area contributed by atoms with E-state index in [-0.39, 0.29) is 21.9 Å². The maximum Gasteiger partial charge on any atom is 0.228 e. The summed E-state index contributed by atoms with van der Waals surface area (Å²) in [4.78, 5) is 12.9. The van der Waals surface area contributed by atoms with E-state index < -0.39 is 5.82 Å². The lowest BCUT2D eigenvalue weighted by atomic mass is 10.3. The second kappa shape index (κ2) is 4.02. The second-order valence-corrected chi connectivity index (χ2v) is 4.57. The summed E-state index contributed by atoms with van der Waals surface area (Å²) in [6.45, 7) is 0.405. The monoisotopic (exact) mass is 245 g/mol. The number of carbonyl (C=O) groups excluding carboxylic acids is 1. The first-order valence-electron chi connectivity index (χ1n) is 4.52. The molecule has 1 atom stereocenters. The predicted molar refractivity (Wildman–Crippen MR) is 61.2 cm³/mol. The molecule has 1 heterocycles. The molecule has 1 aromatic carbocycles. The molecule has 80 valence electrons. The first kappa shape index (κ1) is 10.8. The summed E-state index contributed by atoms with van der Waals surface area (Å²) in [7, 11) is 0. The maximum absolute atomic E-state index is 13.5. The van der Waals surface area contributed by atoms with Crippen LogP contribution >= 0.6 is 24.2 Å². The molecule has 0 aromatic heterocycles. The molecule has 1 unspecified atom stereocenters. The van der Waals surface area contributed by atoms with Gasteiger partial charge in [0, 0.05) is 18.2 Å². The number of carbonyl (C=O) groups is 1. The Morgan fingerprint density at radius 3 is 2.80 bits per heavy atom. The molecule has 0 bridgehead atoms. The van der Waals surface area contributed by atoms with Crippen molar-refractivity contribution in [1.82, 2.24) is 0 Å². The van der Waals surface area contributed by atoms with E-state index in [1.807, 2.05) is 0 Å². The first-order chi connectivity index (χ1) is 7.09. The van der Waals surface area contributed by atoms with Gasteiger partial charge in [-0.15, -0.1) is 0 Å². The normalized spacial score (nSPS) is 21.1. The highest BCUT2D eigenvalue weighted by Crippen LogP contribution is 2.32. The molecule has 1 fully saturated rings. The van der Waals surface area contributed by atoms with Crippen LogP contribution in [-0.2, 0) is 4.79 Å². The third-order valence-corrected chi connectivity index (χ3v) is 2.96. The van der Waals surface area contributed by atoms with E-state index >= 15 is 0 Å². The topological polar surface area (TPSA) is 20.3 Å². The van der Waals surface area contributed by atoms with Crippen LogP contribution < -0.4 is 4.90 Å². The van der Waals surface area contributed by atoms with Gasteiger partial charge in [0.15, 0.2) is 0 Å². The number of amides is 1. The molecule has 5 heteroatoms. The number of halogens is 2. The number of benzene rings is 1. The number of hydrogen-bond donors (Lipinski definition) is 1. The number of anilines is 1. The molecule has 1 amide bonds. The van der Waals surface area contributed by atoms with Crippen molar-refractivity contribution in [2.75, 3.05) is 11.4 Å². The van der Waals surface area contributed by atoms with Gasteiger partial charge in [-0.05, 0) is 12.1 Å². The summed E-state index contributed by atoms with van der Waals surface area (Å²) in [5.74, 6) is -0.611. The highest BCUT2D eigenvalue weighted by atomic mass is 35.5. The summed E-state index contributed by atoms with van der Waals surface area (Å²) in [5.41, 5.74) is 0.167. The fourth-order valence-corrected chi connectivity index (χ4v) is 2.24. The molecule has 0 radical (unpaired) electrons. The quantitative estimate of drug-likeness (QED) is 0.754. The molecule has 15 heavy (non-hydrogen) atoms. The van der Waals surface area contributed by atoms with Gasteiger partial charge in [-0.1, -0.05) is 17.7 Å². The minimum Gasteiger partial charge on any atom is -0.307 e. The first-order valence-corrected chi connectivity index (χ1v) is 5.41. The van der Waals surface area contributed by atoms with E-state index in [9.17, 15) is 9.18 Å². The van der Waals surface area contributed by atoms with Crippen molar-refractivity contribution in [1.29, 1.82) is 0 Å². The smallest absolute Gasteiger partial charge is 0.228 e. The summed E-state index contributed by atoms with van der Waals surface area (Å²) in [6.07, 6.45) is 0.327. The Bertz CT molecular complexity index is 392. The fourth-order valence-electron chi connectivity index (χ4n) is 1.65. The Morgan fingerprint density at radius 1 is 1.53 bits per heavy atom. The Balaban J connectivity index is 2.41. The van der Waals surface area contributed by atoms with Gasteiger partial charge in [0.1, 0.15) is 5.82 Å². The molecule has 1 aliphatic heterocycles. The van der Waals surface area contributed by atoms with Crippen LogP contribution in [0, 0.1) is 5.82 Å². The number of rotatable bonds is 1. The maximum atomic E-state index is 13.5. The van der Waals surface area contributed by atoms with Gasteiger partial charge < -0.3 is 4.90 Å². The zero-order valence-electron chi connectivity index (χ0n) is 7.78. The van der Waals surface area contributed by atoms with Crippen LogP contribution in [0.1, 0.15) is 6.42 Å². The minimum atomic E-state index is -0.474. The van der Waals surface area contributed by atoms with E-state index in [1.54, 1.807) is 6.07 Å². The summed E-state index contributed by atoms with van der Waals surface area (Å²) in [6, 6.07) is 4.37. The third-order valence-electron chi connectivity index (χ3n) is 2.31. The van der Waals surface area contributed by atoms with Crippen molar-refractivity contribution in [2.24, 2.45) is 0 Å². The minimum absolute atomic E-state index is 0.0480. The predicted octanol–water partition coefficient (Wildman–Crippen LogP) is 2.51. The molecule has 0 spiro atoms. The average Bonchev–Trinajstić information content (AvgIpc) is 2.45. The van der Waals surface area contributed by atoms with E-state index in [2.05, 4.69) is 12.6 Å². The lowest BCUT2D eigenvalue weighted by Gasteiger charge is -2.18. The van der Waals surface area contributed by atoms with E-state index in [4.69, 9.17) is 11.6 Å².